The summed E-state index contributed by atoms with van der Waals surface area (Å²) in [6.07, 6.45) is 1.40. The van der Waals surface area contributed by atoms with E-state index < -0.39 is 4.92 Å². The Labute approximate surface area is 166 Å². The highest BCUT2D eigenvalue weighted by molar-refractivity contribution is 5.79. The van der Waals surface area contributed by atoms with Crippen LogP contribution in [0, 0.1) is 28.4 Å². The lowest BCUT2D eigenvalue weighted by Gasteiger charge is -2.08. The Bertz CT molecular complexity index is 1110. The highest BCUT2D eigenvalue weighted by Crippen LogP contribution is 2.30. The van der Waals surface area contributed by atoms with Crippen LogP contribution in [0.3, 0.4) is 0 Å². The van der Waals surface area contributed by atoms with Crippen LogP contribution in [0.15, 0.2) is 52.0 Å². The molecule has 0 aliphatic heterocycles. The molecule has 146 valence electrons. The predicted molar refractivity (Wildman–Crippen MR) is 106 cm³/mol. The van der Waals surface area contributed by atoms with E-state index in [0.717, 1.165) is 0 Å². The number of methoxy groups -OCH3 is 1. The largest absolute Gasteiger partial charge is 0.455 e. The summed E-state index contributed by atoms with van der Waals surface area (Å²) in [6, 6.07) is 13.5. The maximum absolute atomic E-state index is 11.2. The van der Waals surface area contributed by atoms with Crippen molar-refractivity contribution in [2.45, 2.75) is 13.5 Å². The van der Waals surface area contributed by atoms with Gasteiger partial charge in [0.25, 0.3) is 5.69 Å². The molecule has 9 nitrogen and oxygen atoms in total. The number of aromatic nitrogens is 1. The summed E-state index contributed by atoms with van der Waals surface area (Å²) >= 11 is 0. The van der Waals surface area contributed by atoms with E-state index in [-0.39, 0.29) is 12.3 Å². The Morgan fingerprint density at radius 1 is 1.38 bits per heavy atom. The SMILES string of the molecule is COCc1cc(C)nc(N/N=C\c2ccc(-c3ccccc3[N+](=O)[O-])o2)c1C#N. The Morgan fingerprint density at radius 3 is 2.90 bits per heavy atom. The Morgan fingerprint density at radius 2 is 2.17 bits per heavy atom. The van der Waals surface area contributed by atoms with Crippen LogP contribution in [0.1, 0.15) is 22.6 Å². The van der Waals surface area contributed by atoms with E-state index in [2.05, 4.69) is 21.6 Å². The van der Waals surface area contributed by atoms with Gasteiger partial charge < -0.3 is 9.15 Å². The number of hydrogen-bond acceptors (Lipinski definition) is 8. The molecule has 3 rings (SSSR count). The third-order valence-corrected chi connectivity index (χ3v) is 4.00. The van der Waals surface area contributed by atoms with Gasteiger partial charge in [-0.15, -0.1) is 0 Å². The molecule has 0 saturated heterocycles. The van der Waals surface area contributed by atoms with Crippen molar-refractivity contribution >= 4 is 17.7 Å². The molecular weight excluding hydrogens is 374 g/mol. The van der Waals surface area contributed by atoms with E-state index in [4.69, 9.17) is 9.15 Å². The molecular formula is C20H17N5O4. The van der Waals surface area contributed by atoms with Gasteiger partial charge in [0.15, 0.2) is 5.82 Å². The van der Waals surface area contributed by atoms with Gasteiger partial charge in [0, 0.05) is 24.4 Å². The molecule has 29 heavy (non-hydrogen) atoms. The average Bonchev–Trinajstić information content (AvgIpc) is 3.17. The molecule has 0 aliphatic rings. The van der Waals surface area contributed by atoms with Crippen molar-refractivity contribution in [1.29, 1.82) is 5.26 Å². The fourth-order valence-corrected chi connectivity index (χ4v) is 2.78. The van der Waals surface area contributed by atoms with Crippen LogP contribution in [-0.2, 0) is 11.3 Å². The monoisotopic (exact) mass is 391 g/mol. The van der Waals surface area contributed by atoms with Crippen molar-refractivity contribution in [2.24, 2.45) is 5.10 Å². The molecule has 2 heterocycles. The zero-order chi connectivity index (χ0) is 20.8. The number of anilines is 1. The van der Waals surface area contributed by atoms with Gasteiger partial charge in [-0.1, -0.05) is 12.1 Å². The van der Waals surface area contributed by atoms with E-state index in [1.807, 2.05) is 0 Å². The van der Waals surface area contributed by atoms with Crippen molar-refractivity contribution in [2.75, 3.05) is 12.5 Å². The van der Waals surface area contributed by atoms with Gasteiger partial charge in [-0.3, -0.25) is 15.5 Å². The summed E-state index contributed by atoms with van der Waals surface area (Å²) in [5.41, 5.74) is 4.84. The second-order valence-corrected chi connectivity index (χ2v) is 6.04. The summed E-state index contributed by atoms with van der Waals surface area (Å²) in [6.45, 7) is 2.09. The Balaban J connectivity index is 1.82. The minimum absolute atomic E-state index is 0.0447. The lowest BCUT2D eigenvalue weighted by atomic mass is 10.1. The summed E-state index contributed by atoms with van der Waals surface area (Å²) in [5.74, 6) is 1.04. The maximum Gasteiger partial charge on any atom is 0.280 e. The summed E-state index contributed by atoms with van der Waals surface area (Å²) in [5, 5.41) is 24.7. The second-order valence-electron chi connectivity index (χ2n) is 6.04. The van der Waals surface area contributed by atoms with Crippen LogP contribution in [-0.4, -0.2) is 23.2 Å². The molecule has 0 atom stereocenters. The zero-order valence-corrected chi connectivity index (χ0v) is 15.7. The zero-order valence-electron chi connectivity index (χ0n) is 15.7. The number of para-hydroxylation sites is 1. The smallest absolute Gasteiger partial charge is 0.280 e. The van der Waals surface area contributed by atoms with Crippen LogP contribution < -0.4 is 5.43 Å². The molecule has 0 radical (unpaired) electrons. The second kappa shape index (κ2) is 8.77. The number of nitro groups is 1. The van der Waals surface area contributed by atoms with Gasteiger partial charge in [0.1, 0.15) is 23.2 Å². The van der Waals surface area contributed by atoms with Gasteiger partial charge in [0.2, 0.25) is 0 Å². The van der Waals surface area contributed by atoms with Gasteiger partial charge >= 0.3 is 0 Å². The minimum Gasteiger partial charge on any atom is -0.455 e. The highest BCUT2D eigenvalue weighted by Gasteiger charge is 2.17. The first kappa shape index (κ1) is 19.7. The van der Waals surface area contributed by atoms with E-state index in [1.165, 1.54) is 12.3 Å². The third kappa shape index (κ3) is 4.45. The third-order valence-electron chi connectivity index (χ3n) is 4.00. The minimum atomic E-state index is -0.461. The van der Waals surface area contributed by atoms with E-state index in [9.17, 15) is 15.4 Å². The fraction of sp³-hybridized carbons (Fsp3) is 0.150. The number of nitriles is 1. The van der Waals surface area contributed by atoms with Crippen molar-refractivity contribution in [1.82, 2.24) is 4.98 Å². The van der Waals surface area contributed by atoms with Gasteiger partial charge in [-0.25, -0.2) is 4.98 Å². The number of hydrazone groups is 1. The van der Waals surface area contributed by atoms with E-state index >= 15 is 0 Å². The van der Waals surface area contributed by atoms with Crippen molar-refractivity contribution < 1.29 is 14.1 Å². The lowest BCUT2D eigenvalue weighted by Crippen LogP contribution is -2.03. The van der Waals surface area contributed by atoms with Crippen LogP contribution >= 0.6 is 0 Å². The molecule has 0 amide bonds. The molecule has 0 unspecified atom stereocenters. The molecule has 0 fully saturated rings. The Hall–Kier alpha value is -4.03. The number of rotatable bonds is 7. The maximum atomic E-state index is 11.2. The molecule has 0 spiro atoms. The number of nitrogens with zero attached hydrogens (tertiary/aromatic N) is 4. The number of nitro benzene ring substituents is 1. The topological polar surface area (TPSA) is 127 Å². The van der Waals surface area contributed by atoms with Crippen molar-refractivity contribution in [3.63, 3.8) is 0 Å². The van der Waals surface area contributed by atoms with Crippen molar-refractivity contribution in [3.05, 3.63) is 75.2 Å². The van der Waals surface area contributed by atoms with Crippen molar-refractivity contribution in [3.8, 4) is 17.4 Å². The van der Waals surface area contributed by atoms with E-state index in [0.29, 0.717) is 39.7 Å². The number of benzene rings is 1. The molecule has 2 aromatic heterocycles. The summed E-state index contributed by atoms with van der Waals surface area (Å²) in [7, 11) is 1.55. The molecule has 9 heteroatoms. The molecule has 3 aromatic rings. The molecule has 0 aliphatic carbocycles. The van der Waals surface area contributed by atoms with Crippen LogP contribution in [0.5, 0.6) is 0 Å². The van der Waals surface area contributed by atoms with Gasteiger partial charge in [-0.2, -0.15) is 10.4 Å². The molecule has 0 bridgehead atoms. The normalized spacial score (nSPS) is 10.8. The Kier molecular flexibility index (Phi) is 5.97. The number of aryl methyl sites for hydroxylation is 1. The quantitative estimate of drug-likeness (QED) is 0.366. The number of hydrogen-bond donors (Lipinski definition) is 1. The molecule has 0 saturated carbocycles. The first-order valence-electron chi connectivity index (χ1n) is 8.55. The number of pyridine rings is 1. The van der Waals surface area contributed by atoms with Gasteiger partial charge in [-0.05, 0) is 31.2 Å². The molecule has 1 N–H and O–H groups in total. The number of ether oxygens (including phenoxy) is 1. The first-order chi connectivity index (χ1) is 14.0. The average molecular weight is 391 g/mol. The van der Waals surface area contributed by atoms with Crippen LogP contribution in [0.4, 0.5) is 11.5 Å². The molecule has 1 aromatic carbocycles. The van der Waals surface area contributed by atoms with Crippen LogP contribution in [0.2, 0.25) is 0 Å². The number of nitrogens with one attached hydrogen (secondary N) is 1. The summed E-state index contributed by atoms with van der Waals surface area (Å²) in [4.78, 5) is 15.0. The highest BCUT2D eigenvalue weighted by atomic mass is 16.6. The fourth-order valence-electron chi connectivity index (χ4n) is 2.78. The lowest BCUT2D eigenvalue weighted by molar-refractivity contribution is -0.384. The number of furan rings is 1. The predicted octanol–water partition coefficient (Wildman–Crippen LogP) is 4.02. The van der Waals surface area contributed by atoms with Crippen LogP contribution in [0.25, 0.3) is 11.3 Å². The van der Waals surface area contributed by atoms with Gasteiger partial charge in [0.05, 0.1) is 23.3 Å². The first-order valence-corrected chi connectivity index (χ1v) is 8.55. The standard InChI is InChI=1S/C20H17N5O4/c1-13-9-14(12-28-2)17(10-21)20(23-13)24-22-11-15-7-8-19(29-15)16-5-3-4-6-18(16)25(26)27/h3-9,11H,12H2,1-2H3,(H,23,24)/b22-11-. The van der Waals surface area contributed by atoms with E-state index in [1.54, 1.807) is 50.4 Å². The summed E-state index contributed by atoms with van der Waals surface area (Å²) < 4.78 is 10.8.